The Balaban J connectivity index is 2.15. The average Bonchev–Trinajstić information content (AvgIpc) is 2.49. The minimum Gasteiger partial charge on any atom is -0.311 e. The zero-order chi connectivity index (χ0) is 12.3. The molecule has 0 aromatic heterocycles. The maximum absolute atomic E-state index is 13.6. The van der Waals surface area contributed by atoms with Crippen LogP contribution in [-0.2, 0) is 6.42 Å². The molecule has 3 heteroatoms. The maximum atomic E-state index is 13.6. The van der Waals surface area contributed by atoms with E-state index < -0.39 is 0 Å². The van der Waals surface area contributed by atoms with E-state index in [1.165, 1.54) is 31.0 Å². The van der Waals surface area contributed by atoms with Crippen molar-refractivity contribution in [2.24, 2.45) is 0 Å². The van der Waals surface area contributed by atoms with Crippen molar-refractivity contribution in [2.45, 2.75) is 44.6 Å². The quantitative estimate of drug-likeness (QED) is 0.833. The van der Waals surface area contributed by atoms with E-state index in [-0.39, 0.29) is 17.2 Å². The predicted octanol–water partition coefficient (Wildman–Crippen LogP) is 3.43. The van der Waals surface area contributed by atoms with E-state index in [9.17, 15) is 8.78 Å². The minimum absolute atomic E-state index is 0.106. The molecular formula is C14H19F2N. The smallest absolute Gasteiger partial charge is 0.126 e. The number of halogens is 2. The number of hydrogen-bond donors (Lipinski definition) is 1. The molecule has 0 aliphatic carbocycles. The van der Waals surface area contributed by atoms with Gasteiger partial charge < -0.3 is 5.32 Å². The van der Waals surface area contributed by atoms with Crippen LogP contribution in [0.1, 0.15) is 38.2 Å². The van der Waals surface area contributed by atoms with E-state index >= 15 is 0 Å². The van der Waals surface area contributed by atoms with Gasteiger partial charge in [-0.25, -0.2) is 8.78 Å². The van der Waals surface area contributed by atoms with E-state index in [1.54, 1.807) is 0 Å². The summed E-state index contributed by atoms with van der Waals surface area (Å²) >= 11 is 0. The summed E-state index contributed by atoms with van der Waals surface area (Å²) in [7, 11) is 0. The number of rotatable bonds is 2. The standard InChI is InChI=1S/C14H19F2N/c1-14(7-3-2-4-8-17-14)10-11-9-12(15)5-6-13(11)16/h5-6,9,17H,2-4,7-8,10H2,1H3. The van der Waals surface area contributed by atoms with Gasteiger partial charge in [0.15, 0.2) is 0 Å². The van der Waals surface area contributed by atoms with E-state index in [1.807, 2.05) is 0 Å². The summed E-state index contributed by atoms with van der Waals surface area (Å²) in [5.41, 5.74) is 0.368. The second kappa shape index (κ2) is 5.13. The number of hydrogen-bond acceptors (Lipinski definition) is 1. The topological polar surface area (TPSA) is 12.0 Å². The first-order chi connectivity index (χ1) is 8.09. The molecule has 1 N–H and O–H groups in total. The zero-order valence-electron chi connectivity index (χ0n) is 10.2. The Morgan fingerprint density at radius 1 is 1.24 bits per heavy atom. The highest BCUT2D eigenvalue weighted by atomic mass is 19.1. The molecule has 17 heavy (non-hydrogen) atoms. The molecule has 1 aromatic carbocycles. The second-order valence-electron chi connectivity index (χ2n) is 5.21. The molecule has 0 radical (unpaired) electrons. The molecule has 1 atom stereocenters. The summed E-state index contributed by atoms with van der Waals surface area (Å²) in [5.74, 6) is -0.669. The highest BCUT2D eigenvalue weighted by Gasteiger charge is 2.26. The third-order valence-corrected chi connectivity index (χ3v) is 3.55. The maximum Gasteiger partial charge on any atom is 0.126 e. The van der Waals surface area contributed by atoms with Gasteiger partial charge >= 0.3 is 0 Å². The molecule has 1 saturated heterocycles. The van der Waals surface area contributed by atoms with Crippen LogP contribution in [0, 0.1) is 11.6 Å². The average molecular weight is 239 g/mol. The molecule has 0 saturated carbocycles. The molecule has 1 fully saturated rings. The van der Waals surface area contributed by atoms with Gasteiger partial charge in [0.25, 0.3) is 0 Å². The van der Waals surface area contributed by atoms with Gasteiger partial charge in [0, 0.05) is 5.54 Å². The van der Waals surface area contributed by atoms with Crippen molar-refractivity contribution in [1.29, 1.82) is 0 Å². The fourth-order valence-corrected chi connectivity index (χ4v) is 2.55. The lowest BCUT2D eigenvalue weighted by molar-refractivity contribution is 0.340. The largest absolute Gasteiger partial charge is 0.311 e. The van der Waals surface area contributed by atoms with Gasteiger partial charge in [-0.05, 0) is 56.5 Å². The molecule has 1 aromatic rings. The molecule has 0 amide bonds. The first-order valence-electron chi connectivity index (χ1n) is 6.28. The van der Waals surface area contributed by atoms with Crippen LogP contribution in [0.3, 0.4) is 0 Å². The number of benzene rings is 1. The highest BCUT2D eigenvalue weighted by molar-refractivity contribution is 5.21. The Morgan fingerprint density at radius 3 is 2.88 bits per heavy atom. The van der Waals surface area contributed by atoms with Crippen LogP contribution in [0.15, 0.2) is 18.2 Å². The van der Waals surface area contributed by atoms with Crippen molar-refractivity contribution >= 4 is 0 Å². The van der Waals surface area contributed by atoms with Crippen molar-refractivity contribution in [3.63, 3.8) is 0 Å². The van der Waals surface area contributed by atoms with Crippen molar-refractivity contribution < 1.29 is 8.78 Å². The Morgan fingerprint density at radius 2 is 2.06 bits per heavy atom. The normalized spacial score (nSPS) is 25.6. The van der Waals surface area contributed by atoms with Crippen LogP contribution >= 0.6 is 0 Å². The van der Waals surface area contributed by atoms with Crippen molar-refractivity contribution in [3.05, 3.63) is 35.4 Å². The molecule has 1 aliphatic rings. The first kappa shape index (κ1) is 12.5. The van der Waals surface area contributed by atoms with Gasteiger partial charge in [-0.3, -0.25) is 0 Å². The van der Waals surface area contributed by atoms with Crippen molar-refractivity contribution in [3.8, 4) is 0 Å². The third-order valence-electron chi connectivity index (χ3n) is 3.55. The van der Waals surface area contributed by atoms with Gasteiger partial charge in [-0.1, -0.05) is 12.8 Å². The Bertz CT molecular complexity index is 382. The fourth-order valence-electron chi connectivity index (χ4n) is 2.55. The Labute approximate surface area is 101 Å². The SMILES string of the molecule is CC1(Cc2cc(F)ccc2F)CCCCCN1. The van der Waals surface area contributed by atoms with E-state index in [4.69, 9.17) is 0 Å². The summed E-state index contributed by atoms with van der Waals surface area (Å²) < 4.78 is 26.7. The zero-order valence-corrected chi connectivity index (χ0v) is 10.2. The predicted molar refractivity (Wildman–Crippen MR) is 64.9 cm³/mol. The molecule has 1 nitrogen and oxygen atoms in total. The van der Waals surface area contributed by atoms with Crippen LogP contribution in [-0.4, -0.2) is 12.1 Å². The summed E-state index contributed by atoms with van der Waals surface area (Å²) in [5, 5.41) is 3.46. The van der Waals surface area contributed by atoms with E-state index in [0.29, 0.717) is 12.0 Å². The fraction of sp³-hybridized carbons (Fsp3) is 0.571. The van der Waals surface area contributed by atoms with Crippen LogP contribution in [0.4, 0.5) is 8.78 Å². The molecule has 1 unspecified atom stereocenters. The second-order valence-corrected chi connectivity index (χ2v) is 5.21. The van der Waals surface area contributed by atoms with Crippen molar-refractivity contribution in [2.75, 3.05) is 6.54 Å². The van der Waals surface area contributed by atoms with Gasteiger partial charge in [-0.15, -0.1) is 0 Å². The summed E-state index contributed by atoms with van der Waals surface area (Å²) in [6, 6.07) is 3.69. The molecular weight excluding hydrogens is 220 g/mol. The highest BCUT2D eigenvalue weighted by Crippen LogP contribution is 2.24. The summed E-state index contributed by atoms with van der Waals surface area (Å²) in [4.78, 5) is 0. The molecule has 1 aliphatic heterocycles. The first-order valence-corrected chi connectivity index (χ1v) is 6.28. The van der Waals surface area contributed by atoms with Crippen molar-refractivity contribution in [1.82, 2.24) is 5.32 Å². The monoisotopic (exact) mass is 239 g/mol. The van der Waals surface area contributed by atoms with E-state index in [0.717, 1.165) is 19.4 Å². The van der Waals surface area contributed by atoms with Gasteiger partial charge in [0.2, 0.25) is 0 Å². The van der Waals surface area contributed by atoms with Gasteiger partial charge in [-0.2, -0.15) is 0 Å². The molecule has 94 valence electrons. The third kappa shape index (κ3) is 3.25. The van der Waals surface area contributed by atoms with E-state index in [2.05, 4.69) is 12.2 Å². The number of nitrogens with one attached hydrogen (secondary N) is 1. The summed E-state index contributed by atoms with van der Waals surface area (Å²) in [6.07, 6.45) is 5.11. The van der Waals surface area contributed by atoms with Gasteiger partial charge in [0.05, 0.1) is 0 Å². The van der Waals surface area contributed by atoms with Crippen LogP contribution < -0.4 is 5.32 Å². The lowest BCUT2D eigenvalue weighted by atomic mass is 9.88. The minimum atomic E-state index is -0.362. The van der Waals surface area contributed by atoms with Crippen LogP contribution in [0.5, 0.6) is 0 Å². The summed E-state index contributed by atoms with van der Waals surface area (Å²) in [6.45, 7) is 3.07. The lowest BCUT2D eigenvalue weighted by Crippen LogP contribution is -2.43. The molecule has 1 heterocycles. The molecule has 0 bridgehead atoms. The Hall–Kier alpha value is -0.960. The Kier molecular flexibility index (Phi) is 3.77. The van der Waals surface area contributed by atoms with Crippen LogP contribution in [0.25, 0.3) is 0 Å². The van der Waals surface area contributed by atoms with Crippen LogP contribution in [0.2, 0.25) is 0 Å². The molecule has 0 spiro atoms. The lowest BCUT2D eigenvalue weighted by Gasteiger charge is -2.29. The van der Waals surface area contributed by atoms with Gasteiger partial charge in [0.1, 0.15) is 11.6 Å². The molecule has 2 rings (SSSR count).